The van der Waals surface area contributed by atoms with Gasteiger partial charge in [-0.2, -0.15) is 0 Å². The van der Waals surface area contributed by atoms with Gasteiger partial charge in [0, 0.05) is 36.3 Å². The van der Waals surface area contributed by atoms with E-state index in [2.05, 4.69) is 56.8 Å². The molecule has 88 valence electrons. The van der Waals surface area contributed by atoms with Crippen LogP contribution >= 0.6 is 15.9 Å². The Morgan fingerprint density at radius 1 is 1.44 bits per heavy atom. The van der Waals surface area contributed by atoms with Gasteiger partial charge in [-0.1, -0.05) is 6.92 Å². The molecule has 4 heteroatoms. The smallest absolute Gasteiger partial charge is 0.128 e. The third kappa shape index (κ3) is 2.55. The predicted molar refractivity (Wildman–Crippen MR) is 70.9 cm³/mol. The number of hydrogen-bond acceptors (Lipinski definition) is 3. The van der Waals surface area contributed by atoms with Crippen molar-refractivity contribution in [3.8, 4) is 0 Å². The predicted octanol–water partition coefficient (Wildman–Crippen LogP) is 2.37. The molecule has 0 bridgehead atoms. The number of likely N-dealkylation sites (N-methyl/N-ethyl adjacent to an activating group) is 1. The van der Waals surface area contributed by atoms with E-state index < -0.39 is 0 Å². The number of pyridine rings is 1. The topological polar surface area (TPSA) is 19.4 Å². The average Bonchev–Trinajstić information content (AvgIpc) is 2.31. The lowest BCUT2D eigenvalue weighted by Crippen LogP contribution is -2.51. The largest absolute Gasteiger partial charge is 0.354 e. The number of nitrogens with zero attached hydrogens (tertiary/aromatic N) is 3. The van der Waals surface area contributed by atoms with E-state index in [1.807, 2.05) is 6.20 Å². The lowest BCUT2D eigenvalue weighted by molar-refractivity contribution is 0.213. The summed E-state index contributed by atoms with van der Waals surface area (Å²) in [6.07, 6.45) is 3.07. The van der Waals surface area contributed by atoms with Gasteiger partial charge in [0.15, 0.2) is 0 Å². The zero-order chi connectivity index (χ0) is 11.5. The summed E-state index contributed by atoms with van der Waals surface area (Å²) in [5.41, 5.74) is 0. The first-order chi connectivity index (χ1) is 7.70. The van der Waals surface area contributed by atoms with Crippen LogP contribution in [0.4, 0.5) is 5.82 Å². The van der Waals surface area contributed by atoms with Gasteiger partial charge in [-0.15, -0.1) is 0 Å². The van der Waals surface area contributed by atoms with Crippen LogP contribution in [0.1, 0.15) is 13.3 Å². The molecule has 0 aliphatic carbocycles. The maximum atomic E-state index is 4.46. The van der Waals surface area contributed by atoms with Crippen LogP contribution in [0.3, 0.4) is 0 Å². The van der Waals surface area contributed by atoms with Crippen LogP contribution < -0.4 is 4.90 Å². The molecule has 1 fully saturated rings. The molecule has 1 aromatic heterocycles. The van der Waals surface area contributed by atoms with E-state index in [1.165, 1.54) is 6.42 Å². The zero-order valence-electron chi connectivity index (χ0n) is 9.86. The Bertz CT molecular complexity index is 339. The van der Waals surface area contributed by atoms with Gasteiger partial charge in [-0.25, -0.2) is 4.98 Å². The molecule has 3 nitrogen and oxygen atoms in total. The van der Waals surface area contributed by atoms with Crippen molar-refractivity contribution in [2.75, 3.05) is 31.6 Å². The third-order valence-electron chi connectivity index (χ3n) is 3.28. The van der Waals surface area contributed by atoms with Crippen LogP contribution in [0.2, 0.25) is 0 Å². The van der Waals surface area contributed by atoms with Gasteiger partial charge in [0.25, 0.3) is 0 Å². The van der Waals surface area contributed by atoms with E-state index in [-0.39, 0.29) is 0 Å². The molecule has 1 atom stereocenters. The molecule has 1 saturated heterocycles. The number of halogens is 1. The molecule has 2 rings (SSSR count). The Hall–Kier alpha value is -0.610. The van der Waals surface area contributed by atoms with E-state index in [0.29, 0.717) is 6.04 Å². The van der Waals surface area contributed by atoms with E-state index in [0.717, 1.165) is 29.9 Å². The fourth-order valence-corrected chi connectivity index (χ4v) is 2.38. The fraction of sp³-hybridized carbons (Fsp3) is 0.583. The molecule has 1 aromatic rings. The Balaban J connectivity index is 2.08. The van der Waals surface area contributed by atoms with Crippen molar-refractivity contribution < 1.29 is 0 Å². The van der Waals surface area contributed by atoms with Crippen molar-refractivity contribution in [2.45, 2.75) is 19.4 Å². The third-order valence-corrected chi connectivity index (χ3v) is 3.75. The summed E-state index contributed by atoms with van der Waals surface area (Å²) in [5, 5.41) is 0. The van der Waals surface area contributed by atoms with E-state index >= 15 is 0 Å². The summed E-state index contributed by atoms with van der Waals surface area (Å²) in [4.78, 5) is 9.27. The molecule has 0 N–H and O–H groups in total. The molecule has 0 radical (unpaired) electrons. The summed E-state index contributed by atoms with van der Waals surface area (Å²) >= 11 is 3.42. The molecule has 1 unspecified atom stereocenters. The van der Waals surface area contributed by atoms with E-state index in [1.54, 1.807) is 0 Å². The molecule has 0 spiro atoms. The Morgan fingerprint density at radius 2 is 2.25 bits per heavy atom. The van der Waals surface area contributed by atoms with Gasteiger partial charge in [-0.05, 0) is 41.5 Å². The highest BCUT2D eigenvalue weighted by Gasteiger charge is 2.23. The molecule has 1 aliphatic heterocycles. The molecule has 0 amide bonds. The van der Waals surface area contributed by atoms with Gasteiger partial charge in [0.1, 0.15) is 5.82 Å². The van der Waals surface area contributed by atoms with Crippen molar-refractivity contribution in [2.24, 2.45) is 0 Å². The second kappa shape index (κ2) is 5.15. The monoisotopic (exact) mass is 283 g/mol. The van der Waals surface area contributed by atoms with Crippen LogP contribution in [-0.4, -0.2) is 42.6 Å². The van der Waals surface area contributed by atoms with Crippen molar-refractivity contribution in [1.82, 2.24) is 9.88 Å². The minimum atomic E-state index is 0.652. The average molecular weight is 284 g/mol. The minimum Gasteiger partial charge on any atom is -0.354 e. The Morgan fingerprint density at radius 3 is 2.88 bits per heavy atom. The molecule has 16 heavy (non-hydrogen) atoms. The quantitative estimate of drug-likeness (QED) is 0.831. The van der Waals surface area contributed by atoms with Gasteiger partial charge in [0.2, 0.25) is 0 Å². The SMILES string of the molecule is CCC1CN(c2ccc(Br)cn2)CCN1C. The summed E-state index contributed by atoms with van der Waals surface area (Å²) in [6, 6.07) is 4.79. The van der Waals surface area contributed by atoms with Crippen molar-refractivity contribution in [1.29, 1.82) is 0 Å². The second-order valence-corrected chi connectivity index (χ2v) is 5.24. The number of hydrogen-bond donors (Lipinski definition) is 0. The van der Waals surface area contributed by atoms with Gasteiger partial charge >= 0.3 is 0 Å². The molecule has 1 aliphatic rings. The molecule has 0 saturated carbocycles. The lowest BCUT2D eigenvalue weighted by atomic mass is 10.1. The van der Waals surface area contributed by atoms with Gasteiger partial charge in [0.05, 0.1) is 0 Å². The highest BCUT2D eigenvalue weighted by molar-refractivity contribution is 9.10. The number of aromatic nitrogens is 1. The van der Waals surface area contributed by atoms with Gasteiger partial charge < -0.3 is 4.90 Å². The molecule has 0 aromatic carbocycles. The first-order valence-electron chi connectivity index (χ1n) is 5.77. The zero-order valence-corrected chi connectivity index (χ0v) is 11.4. The maximum absolute atomic E-state index is 4.46. The minimum absolute atomic E-state index is 0.652. The van der Waals surface area contributed by atoms with Crippen molar-refractivity contribution in [3.05, 3.63) is 22.8 Å². The summed E-state index contributed by atoms with van der Waals surface area (Å²) in [6.45, 7) is 5.53. The fourth-order valence-electron chi connectivity index (χ4n) is 2.15. The van der Waals surface area contributed by atoms with E-state index in [9.17, 15) is 0 Å². The summed E-state index contributed by atoms with van der Waals surface area (Å²) in [5.74, 6) is 1.09. The first-order valence-corrected chi connectivity index (χ1v) is 6.56. The second-order valence-electron chi connectivity index (χ2n) is 4.32. The molecular weight excluding hydrogens is 266 g/mol. The summed E-state index contributed by atoms with van der Waals surface area (Å²) < 4.78 is 1.04. The highest BCUT2D eigenvalue weighted by atomic mass is 79.9. The number of rotatable bonds is 2. The van der Waals surface area contributed by atoms with Gasteiger partial charge in [-0.3, -0.25) is 4.90 Å². The van der Waals surface area contributed by atoms with Crippen LogP contribution in [0, 0.1) is 0 Å². The number of piperazine rings is 1. The lowest BCUT2D eigenvalue weighted by Gasteiger charge is -2.39. The van der Waals surface area contributed by atoms with Crippen LogP contribution in [-0.2, 0) is 0 Å². The normalized spacial score (nSPS) is 22.4. The standard InChI is InChI=1S/C12H18BrN3/c1-3-11-9-16(7-6-15(11)2)12-5-4-10(13)8-14-12/h4-5,8,11H,3,6-7,9H2,1-2H3. The molecular formula is C12H18BrN3. The van der Waals surface area contributed by atoms with Crippen LogP contribution in [0.5, 0.6) is 0 Å². The Labute approximate surface area is 106 Å². The first kappa shape index (κ1) is 11.9. The number of anilines is 1. The van der Waals surface area contributed by atoms with E-state index in [4.69, 9.17) is 0 Å². The molecule has 2 heterocycles. The van der Waals surface area contributed by atoms with Crippen LogP contribution in [0.15, 0.2) is 22.8 Å². The van der Waals surface area contributed by atoms with Crippen molar-refractivity contribution >= 4 is 21.7 Å². The summed E-state index contributed by atoms with van der Waals surface area (Å²) in [7, 11) is 2.21. The Kier molecular flexibility index (Phi) is 3.82. The van der Waals surface area contributed by atoms with Crippen molar-refractivity contribution in [3.63, 3.8) is 0 Å². The maximum Gasteiger partial charge on any atom is 0.128 e. The van der Waals surface area contributed by atoms with Crippen LogP contribution in [0.25, 0.3) is 0 Å². The highest BCUT2D eigenvalue weighted by Crippen LogP contribution is 2.19.